The molecule has 2 N–H and O–H groups in total. The Morgan fingerprint density at radius 1 is 0.455 bits per heavy atom. The fourth-order valence-corrected chi connectivity index (χ4v) is 8.33. The molecule has 0 fully saturated rings. The van der Waals surface area contributed by atoms with Gasteiger partial charge in [-0.1, -0.05) is 36.4 Å². The second-order valence-electron chi connectivity index (χ2n) is 10.6. The summed E-state index contributed by atoms with van der Waals surface area (Å²) in [5, 5.41) is 8.33. The molecular weight excluding hydrogens is 619 g/mol. The van der Waals surface area contributed by atoms with E-state index in [-0.39, 0.29) is 6.04 Å². The lowest BCUT2D eigenvalue weighted by atomic mass is 9.99. The first-order chi connectivity index (χ1) is 21.7. The van der Waals surface area contributed by atoms with Crippen molar-refractivity contribution < 1.29 is 0 Å². The largest absolute Gasteiger partial charge is 0.327 e. The first kappa shape index (κ1) is 27.4. The lowest BCUT2D eigenvalue weighted by molar-refractivity contribution is 0.665. The molecule has 0 amide bonds. The summed E-state index contributed by atoms with van der Waals surface area (Å²) >= 11 is 6.75. The van der Waals surface area contributed by atoms with Crippen LogP contribution in [-0.4, -0.2) is 26.0 Å². The molecule has 8 rings (SSSR count). The van der Waals surface area contributed by atoms with Crippen molar-refractivity contribution in [2.75, 3.05) is 0 Å². The molecule has 0 atom stereocenters. The van der Waals surface area contributed by atoms with Crippen LogP contribution in [0.5, 0.6) is 0 Å². The van der Waals surface area contributed by atoms with Gasteiger partial charge in [0.1, 0.15) is 22.8 Å². The molecule has 0 saturated heterocycles. The molecule has 0 aliphatic heterocycles. The van der Waals surface area contributed by atoms with E-state index in [1.165, 1.54) is 0 Å². The second-order valence-corrected chi connectivity index (χ2v) is 14.4. The Hall–Kier alpha value is -4.12. The molecular formula is C35H25N5S4. The number of aromatic nitrogens is 4. The Balaban J connectivity index is 1.07. The van der Waals surface area contributed by atoms with E-state index in [9.17, 15) is 0 Å². The topological polar surface area (TPSA) is 77.6 Å². The maximum atomic E-state index is 6.75. The van der Waals surface area contributed by atoms with Crippen LogP contribution in [0.2, 0.25) is 0 Å². The average molecular weight is 644 g/mol. The highest BCUT2D eigenvalue weighted by Crippen LogP contribution is 2.37. The Bertz CT molecular complexity index is 2030. The fourth-order valence-electron chi connectivity index (χ4n) is 5.47. The zero-order valence-electron chi connectivity index (χ0n) is 23.4. The molecule has 8 aromatic rings. The van der Waals surface area contributed by atoms with Gasteiger partial charge in [0.05, 0.1) is 41.6 Å². The van der Waals surface area contributed by atoms with Crippen LogP contribution in [0.1, 0.15) is 11.1 Å². The van der Waals surface area contributed by atoms with Crippen LogP contribution in [0.15, 0.2) is 106 Å². The van der Waals surface area contributed by atoms with Crippen molar-refractivity contribution in [2.24, 2.45) is 5.73 Å². The van der Waals surface area contributed by atoms with E-state index in [2.05, 4.69) is 106 Å². The van der Waals surface area contributed by atoms with E-state index < -0.39 is 0 Å². The van der Waals surface area contributed by atoms with Crippen LogP contribution in [0.4, 0.5) is 0 Å². The molecule has 6 aromatic heterocycles. The van der Waals surface area contributed by atoms with E-state index in [1.54, 1.807) is 45.3 Å². The Morgan fingerprint density at radius 3 is 1.11 bits per heavy atom. The average Bonchev–Trinajstić information content (AvgIpc) is 3.88. The molecule has 0 spiro atoms. The van der Waals surface area contributed by atoms with Crippen LogP contribution < -0.4 is 5.73 Å². The van der Waals surface area contributed by atoms with Crippen molar-refractivity contribution >= 4 is 67.4 Å². The lowest BCUT2D eigenvalue weighted by Crippen LogP contribution is -2.25. The van der Waals surface area contributed by atoms with Gasteiger partial charge >= 0.3 is 0 Å². The molecule has 0 unspecified atom stereocenters. The summed E-state index contributed by atoms with van der Waals surface area (Å²) in [6.07, 6.45) is 1.47. The number of thiophene rings is 4. The van der Waals surface area contributed by atoms with E-state index in [0.717, 1.165) is 88.3 Å². The summed E-state index contributed by atoms with van der Waals surface area (Å²) in [6, 6.07) is 29.3. The van der Waals surface area contributed by atoms with Crippen molar-refractivity contribution in [1.29, 1.82) is 0 Å². The smallest absolute Gasteiger partial charge is 0.108 e. The summed E-state index contributed by atoms with van der Waals surface area (Å²) in [5.74, 6) is 0. The molecule has 0 bridgehead atoms. The summed E-state index contributed by atoms with van der Waals surface area (Å²) in [4.78, 5) is 24.8. The number of rotatable bonds is 8. The Kier molecular flexibility index (Phi) is 7.33. The lowest BCUT2D eigenvalue weighted by Gasteiger charge is -2.14. The van der Waals surface area contributed by atoms with Gasteiger partial charge in [0.2, 0.25) is 0 Å². The van der Waals surface area contributed by atoms with Gasteiger partial charge in [-0.25, -0.2) is 19.9 Å². The summed E-state index contributed by atoms with van der Waals surface area (Å²) in [5.41, 5.74) is 16.3. The molecule has 2 aromatic carbocycles. The van der Waals surface area contributed by atoms with Crippen molar-refractivity contribution in [3.05, 3.63) is 118 Å². The highest BCUT2D eigenvalue weighted by Gasteiger charge is 2.17. The van der Waals surface area contributed by atoms with Gasteiger partial charge in [-0.3, -0.25) is 0 Å². The van der Waals surface area contributed by atoms with Crippen molar-refractivity contribution in [3.8, 4) is 42.3 Å². The predicted octanol–water partition coefficient (Wildman–Crippen LogP) is 9.60. The quantitative estimate of drug-likeness (QED) is 0.178. The van der Waals surface area contributed by atoms with Crippen molar-refractivity contribution in [1.82, 2.24) is 19.9 Å². The Morgan fingerprint density at radius 2 is 0.795 bits per heavy atom. The molecule has 214 valence electrons. The van der Waals surface area contributed by atoms with Crippen LogP contribution in [0, 0.1) is 0 Å². The van der Waals surface area contributed by atoms with Crippen LogP contribution in [-0.2, 0) is 12.8 Å². The van der Waals surface area contributed by atoms with Gasteiger partial charge in [0, 0.05) is 6.04 Å². The summed E-state index contributed by atoms with van der Waals surface area (Å²) in [7, 11) is 0. The molecule has 6 heterocycles. The third-order valence-electron chi connectivity index (χ3n) is 7.47. The first-order valence-corrected chi connectivity index (χ1v) is 17.7. The number of hydrogen-bond donors (Lipinski definition) is 1. The van der Waals surface area contributed by atoms with Crippen LogP contribution in [0.25, 0.3) is 64.4 Å². The second kappa shape index (κ2) is 11.8. The number of hydrogen-bond acceptors (Lipinski definition) is 9. The van der Waals surface area contributed by atoms with Gasteiger partial charge < -0.3 is 5.73 Å². The van der Waals surface area contributed by atoms with E-state index in [0.29, 0.717) is 0 Å². The van der Waals surface area contributed by atoms with Gasteiger partial charge in [-0.05, 0) is 94.0 Å². The van der Waals surface area contributed by atoms with E-state index >= 15 is 0 Å². The molecule has 44 heavy (non-hydrogen) atoms. The van der Waals surface area contributed by atoms with Gasteiger partial charge in [-0.2, -0.15) is 0 Å². The van der Waals surface area contributed by atoms with Crippen molar-refractivity contribution in [3.63, 3.8) is 0 Å². The molecule has 0 radical (unpaired) electrons. The Labute approximate surface area is 270 Å². The minimum atomic E-state index is -0.0601. The van der Waals surface area contributed by atoms with Gasteiger partial charge in [0.15, 0.2) is 0 Å². The molecule has 0 aliphatic rings. The standard InChI is InChI=1S/C35H25N5S4/c36-23(17-21-9-11-24-26(19-21)39-34(30-7-3-15-43-30)32(37-24)28-5-1-13-41-28)18-22-10-12-25-27(20-22)40-35(31-8-4-16-44-31)33(38-25)29-6-2-14-42-29/h1-16,19-20,23H,17-18,36H2. The molecule has 9 heteroatoms. The van der Waals surface area contributed by atoms with Gasteiger partial charge in [0.25, 0.3) is 0 Å². The minimum Gasteiger partial charge on any atom is -0.327 e. The van der Waals surface area contributed by atoms with E-state index in [1.807, 2.05) is 0 Å². The predicted molar refractivity (Wildman–Crippen MR) is 188 cm³/mol. The number of fused-ring (bicyclic) bond motifs is 2. The van der Waals surface area contributed by atoms with Crippen molar-refractivity contribution in [2.45, 2.75) is 18.9 Å². The summed E-state index contributed by atoms with van der Waals surface area (Å²) < 4.78 is 0. The number of benzene rings is 2. The number of nitrogens with zero attached hydrogens (tertiary/aromatic N) is 4. The number of nitrogens with two attached hydrogens (primary N) is 1. The SMILES string of the molecule is NC(Cc1ccc2nc(-c3cccs3)c(-c3cccs3)nc2c1)Cc1ccc2nc(-c3cccs3)c(-c3cccs3)nc2c1. The molecule has 0 saturated carbocycles. The van der Waals surface area contributed by atoms with Gasteiger partial charge in [-0.15, -0.1) is 45.3 Å². The minimum absolute atomic E-state index is 0.0601. The third kappa shape index (κ3) is 5.38. The first-order valence-electron chi connectivity index (χ1n) is 14.2. The van der Waals surface area contributed by atoms with Crippen LogP contribution in [0.3, 0.4) is 0 Å². The summed E-state index contributed by atoms with van der Waals surface area (Å²) in [6.45, 7) is 0. The fraction of sp³-hybridized carbons (Fsp3) is 0.0857. The van der Waals surface area contributed by atoms with E-state index in [4.69, 9.17) is 25.7 Å². The maximum absolute atomic E-state index is 6.75. The molecule has 5 nitrogen and oxygen atoms in total. The third-order valence-corrected chi connectivity index (χ3v) is 11.0. The molecule has 0 aliphatic carbocycles. The monoisotopic (exact) mass is 643 g/mol. The zero-order chi connectivity index (χ0) is 29.5. The van der Waals surface area contributed by atoms with Crippen LogP contribution >= 0.6 is 45.3 Å². The highest BCUT2D eigenvalue weighted by atomic mass is 32.1. The maximum Gasteiger partial charge on any atom is 0.108 e. The normalized spacial score (nSPS) is 11.7. The highest BCUT2D eigenvalue weighted by molar-refractivity contribution is 7.15. The zero-order valence-corrected chi connectivity index (χ0v) is 26.6.